The molecular weight excluding hydrogens is 202 g/mol. The minimum absolute atomic E-state index is 0.429. The van der Waals surface area contributed by atoms with Crippen molar-refractivity contribution >= 4 is 14.6 Å². The van der Waals surface area contributed by atoms with E-state index in [1.54, 1.807) is 30.3 Å². The second-order valence-electron chi connectivity index (χ2n) is 2.67. The lowest BCUT2D eigenvalue weighted by molar-refractivity contribution is -0.0563. The summed E-state index contributed by atoms with van der Waals surface area (Å²) in [5.74, 6) is 0. The Morgan fingerprint density at radius 1 is 0.867 bits per heavy atom. The van der Waals surface area contributed by atoms with Crippen LogP contribution in [0.15, 0.2) is 30.3 Å². The predicted octanol–water partition coefficient (Wildman–Crippen LogP) is -1.34. The van der Waals surface area contributed by atoms with Gasteiger partial charge in [-0.25, -0.2) is 0 Å². The standard InChI is InChI=1S/C7H10B2O6/c10-8(11)14-7(15-9(12)13)6-4-2-1-3-5-6/h1-5,7,10-13H. The van der Waals surface area contributed by atoms with Crippen molar-refractivity contribution in [2.75, 3.05) is 0 Å². The van der Waals surface area contributed by atoms with Gasteiger partial charge in [0.2, 0.25) is 0 Å². The van der Waals surface area contributed by atoms with E-state index in [0.717, 1.165) is 0 Å². The summed E-state index contributed by atoms with van der Waals surface area (Å²) >= 11 is 0. The molecule has 0 saturated carbocycles. The number of hydrogen-bond acceptors (Lipinski definition) is 6. The first-order valence-corrected chi connectivity index (χ1v) is 4.17. The molecule has 0 fully saturated rings. The van der Waals surface area contributed by atoms with Crippen LogP contribution in [0.2, 0.25) is 0 Å². The predicted molar refractivity (Wildman–Crippen MR) is 51.7 cm³/mol. The first kappa shape index (κ1) is 12.2. The summed E-state index contributed by atoms with van der Waals surface area (Å²) < 4.78 is 9.03. The average Bonchev–Trinajstić information content (AvgIpc) is 2.17. The Morgan fingerprint density at radius 3 is 1.73 bits per heavy atom. The van der Waals surface area contributed by atoms with Crippen LogP contribution in [-0.4, -0.2) is 34.7 Å². The van der Waals surface area contributed by atoms with Crippen LogP contribution in [-0.2, 0) is 9.31 Å². The van der Waals surface area contributed by atoms with Gasteiger partial charge >= 0.3 is 14.6 Å². The molecule has 4 N–H and O–H groups in total. The van der Waals surface area contributed by atoms with Gasteiger partial charge in [-0.15, -0.1) is 0 Å². The number of hydrogen-bond donors (Lipinski definition) is 4. The summed E-state index contributed by atoms with van der Waals surface area (Å²) in [6.45, 7) is 0. The maximum atomic E-state index is 8.59. The Bertz CT molecular complexity index is 270. The molecule has 1 rings (SSSR count). The van der Waals surface area contributed by atoms with Gasteiger partial charge in [-0.2, -0.15) is 0 Å². The molecule has 0 spiro atoms. The van der Waals surface area contributed by atoms with Gasteiger partial charge in [-0.05, 0) is 0 Å². The van der Waals surface area contributed by atoms with Crippen LogP contribution in [0.3, 0.4) is 0 Å². The molecule has 0 atom stereocenters. The number of benzene rings is 1. The molecule has 0 saturated heterocycles. The van der Waals surface area contributed by atoms with Crippen LogP contribution < -0.4 is 0 Å². The summed E-state index contributed by atoms with van der Waals surface area (Å²) in [5, 5.41) is 34.3. The fourth-order valence-electron chi connectivity index (χ4n) is 1.02. The second kappa shape index (κ2) is 5.86. The molecule has 0 radical (unpaired) electrons. The maximum Gasteiger partial charge on any atom is 0.636 e. The van der Waals surface area contributed by atoms with E-state index in [0.29, 0.717) is 5.56 Å². The van der Waals surface area contributed by atoms with Gasteiger partial charge in [-0.3, -0.25) is 0 Å². The highest BCUT2D eigenvalue weighted by Crippen LogP contribution is 2.18. The van der Waals surface area contributed by atoms with E-state index in [1.165, 1.54) is 0 Å². The molecule has 0 aliphatic carbocycles. The Morgan fingerprint density at radius 2 is 1.33 bits per heavy atom. The topological polar surface area (TPSA) is 99.4 Å². The second-order valence-corrected chi connectivity index (χ2v) is 2.67. The van der Waals surface area contributed by atoms with Crippen LogP contribution in [0, 0.1) is 0 Å². The van der Waals surface area contributed by atoms with E-state index >= 15 is 0 Å². The van der Waals surface area contributed by atoms with Gasteiger partial charge in [0.05, 0.1) is 0 Å². The molecule has 6 nitrogen and oxygen atoms in total. The van der Waals surface area contributed by atoms with Crippen LogP contribution in [0.25, 0.3) is 0 Å². The van der Waals surface area contributed by atoms with Crippen LogP contribution >= 0.6 is 0 Å². The molecule has 15 heavy (non-hydrogen) atoms. The Balaban J connectivity index is 2.72. The highest BCUT2D eigenvalue weighted by Gasteiger charge is 2.24. The average molecular weight is 212 g/mol. The van der Waals surface area contributed by atoms with E-state index < -0.39 is 20.9 Å². The molecule has 0 heterocycles. The third-order valence-electron chi connectivity index (χ3n) is 1.56. The van der Waals surface area contributed by atoms with E-state index in [2.05, 4.69) is 9.31 Å². The smallest absolute Gasteiger partial charge is 0.402 e. The Labute approximate surface area is 87.1 Å². The Kier molecular flexibility index (Phi) is 4.76. The van der Waals surface area contributed by atoms with Gasteiger partial charge in [-0.1, -0.05) is 30.3 Å². The fourth-order valence-corrected chi connectivity index (χ4v) is 1.02. The Hall–Kier alpha value is -0.890. The summed E-state index contributed by atoms with van der Waals surface area (Å²) in [5.41, 5.74) is 0.429. The SMILES string of the molecule is OB(O)OC(OB(O)O)c1ccccc1. The van der Waals surface area contributed by atoms with Crippen molar-refractivity contribution in [1.29, 1.82) is 0 Å². The number of rotatable bonds is 5. The van der Waals surface area contributed by atoms with Gasteiger partial charge in [0.15, 0.2) is 6.29 Å². The van der Waals surface area contributed by atoms with Crippen molar-refractivity contribution in [3.05, 3.63) is 35.9 Å². The minimum Gasteiger partial charge on any atom is -0.402 e. The molecular formula is C7H10B2O6. The lowest BCUT2D eigenvalue weighted by Gasteiger charge is -2.18. The van der Waals surface area contributed by atoms with Crippen molar-refractivity contribution in [2.24, 2.45) is 0 Å². The zero-order valence-corrected chi connectivity index (χ0v) is 7.72. The molecule has 1 aromatic carbocycles. The van der Waals surface area contributed by atoms with Crippen molar-refractivity contribution in [3.63, 3.8) is 0 Å². The van der Waals surface area contributed by atoms with Crippen LogP contribution in [0.1, 0.15) is 11.9 Å². The highest BCUT2D eigenvalue weighted by molar-refractivity contribution is 6.34. The molecule has 0 aliphatic rings. The third-order valence-corrected chi connectivity index (χ3v) is 1.56. The first-order chi connectivity index (χ1) is 7.09. The van der Waals surface area contributed by atoms with Crippen molar-refractivity contribution in [1.82, 2.24) is 0 Å². The molecule has 0 aliphatic heterocycles. The largest absolute Gasteiger partial charge is 0.636 e. The van der Waals surface area contributed by atoms with E-state index in [4.69, 9.17) is 20.1 Å². The normalized spacial score (nSPS) is 10.5. The third kappa shape index (κ3) is 4.43. The quantitative estimate of drug-likeness (QED) is 0.356. The van der Waals surface area contributed by atoms with Crippen molar-refractivity contribution in [2.45, 2.75) is 6.29 Å². The zero-order valence-electron chi connectivity index (χ0n) is 7.72. The zero-order chi connectivity index (χ0) is 11.3. The van der Waals surface area contributed by atoms with Crippen LogP contribution in [0.5, 0.6) is 0 Å². The van der Waals surface area contributed by atoms with Crippen molar-refractivity contribution < 1.29 is 29.4 Å². The van der Waals surface area contributed by atoms with E-state index in [9.17, 15) is 0 Å². The molecule has 1 aromatic rings. The molecule has 80 valence electrons. The molecule has 0 amide bonds. The van der Waals surface area contributed by atoms with Gasteiger partial charge in [0, 0.05) is 5.56 Å². The maximum absolute atomic E-state index is 8.59. The van der Waals surface area contributed by atoms with Crippen molar-refractivity contribution in [3.8, 4) is 0 Å². The first-order valence-electron chi connectivity index (χ1n) is 4.17. The minimum atomic E-state index is -2.06. The van der Waals surface area contributed by atoms with Gasteiger partial charge in [0.1, 0.15) is 0 Å². The summed E-state index contributed by atoms with van der Waals surface area (Å²) in [4.78, 5) is 0. The van der Waals surface area contributed by atoms with Gasteiger partial charge in [0.25, 0.3) is 0 Å². The lowest BCUT2D eigenvalue weighted by atomic mass is 10.1. The van der Waals surface area contributed by atoms with Gasteiger partial charge < -0.3 is 29.4 Å². The summed E-state index contributed by atoms with van der Waals surface area (Å²) in [6, 6.07) is 8.24. The molecule has 8 heteroatoms. The summed E-state index contributed by atoms with van der Waals surface area (Å²) in [6.07, 6.45) is -1.26. The monoisotopic (exact) mass is 212 g/mol. The van der Waals surface area contributed by atoms with E-state index in [-0.39, 0.29) is 0 Å². The molecule has 0 unspecified atom stereocenters. The highest BCUT2D eigenvalue weighted by atomic mass is 16.8. The summed E-state index contributed by atoms with van der Waals surface area (Å²) in [7, 11) is -4.12. The lowest BCUT2D eigenvalue weighted by Crippen LogP contribution is -2.28. The van der Waals surface area contributed by atoms with E-state index in [1.807, 2.05) is 0 Å². The molecule has 0 bridgehead atoms. The van der Waals surface area contributed by atoms with Crippen LogP contribution in [0.4, 0.5) is 0 Å². The molecule has 0 aromatic heterocycles. The fraction of sp³-hybridized carbons (Fsp3) is 0.143.